The fourth-order valence-electron chi connectivity index (χ4n) is 2.61. The molecule has 9 nitrogen and oxygen atoms in total. The lowest BCUT2D eigenvalue weighted by molar-refractivity contribution is -0.119. The van der Waals surface area contributed by atoms with Gasteiger partial charge in [-0.3, -0.25) is 24.0 Å². The van der Waals surface area contributed by atoms with Gasteiger partial charge in [0.1, 0.15) is 5.82 Å². The molecule has 1 aromatic rings. The Bertz CT molecular complexity index is 777. The van der Waals surface area contributed by atoms with Crippen LogP contribution < -0.4 is 21.9 Å². The highest BCUT2D eigenvalue weighted by Crippen LogP contribution is 2.17. The van der Waals surface area contributed by atoms with Crippen LogP contribution in [0.4, 0.5) is 11.5 Å². The number of anilines is 2. The number of nitrogens with two attached hydrogens (primary N) is 1. The maximum atomic E-state index is 12.9. The Hall–Kier alpha value is -2.57. The quantitative estimate of drug-likeness (QED) is 0.517. The summed E-state index contributed by atoms with van der Waals surface area (Å²) in [5.74, 6) is 2.13. The predicted octanol–water partition coefficient (Wildman–Crippen LogP) is -0.147. The molecule has 0 spiro atoms. The van der Waals surface area contributed by atoms with Gasteiger partial charge in [-0.2, -0.15) is 0 Å². The number of likely N-dealkylation sites (N-methyl/N-ethyl adjacent to an activating group) is 1. The van der Waals surface area contributed by atoms with Crippen molar-refractivity contribution in [2.75, 3.05) is 50.5 Å². The summed E-state index contributed by atoms with van der Waals surface area (Å²) in [5, 5.41) is 0. The highest BCUT2D eigenvalue weighted by molar-refractivity contribution is 5.96. The SMILES string of the molecule is C#CCN(CC)CC(=O)N(CCOC)c1c(N)n(CCCC)c(=O)[nH]c1=O. The molecule has 1 aromatic heterocycles. The molecule has 3 N–H and O–H groups in total. The van der Waals surface area contributed by atoms with Crippen molar-refractivity contribution >= 4 is 17.4 Å². The number of nitrogens with one attached hydrogen (secondary N) is 1. The molecule has 0 saturated heterocycles. The standard InChI is InChI=1S/C18H29N5O4/c1-5-8-10-23-16(19)15(17(25)20-18(23)26)22(11-12-27-4)14(24)13-21(7-3)9-6-2/h2H,5,7-13,19H2,1,3-4H3,(H,20,25,26). The Morgan fingerprint density at radius 2 is 2.07 bits per heavy atom. The topological polar surface area (TPSA) is 114 Å². The van der Waals surface area contributed by atoms with Crippen LogP contribution in [0.3, 0.4) is 0 Å². The van der Waals surface area contributed by atoms with Crippen LogP contribution in [0.2, 0.25) is 0 Å². The number of unbranched alkanes of at least 4 members (excludes halogenated alkanes) is 1. The number of carbonyl (C=O) groups is 1. The predicted molar refractivity (Wildman–Crippen MR) is 106 cm³/mol. The molecule has 1 amide bonds. The molecule has 0 aliphatic rings. The number of hydrogen-bond acceptors (Lipinski definition) is 6. The first-order valence-corrected chi connectivity index (χ1v) is 8.98. The van der Waals surface area contributed by atoms with E-state index in [4.69, 9.17) is 16.9 Å². The van der Waals surface area contributed by atoms with E-state index in [1.54, 1.807) is 4.90 Å². The van der Waals surface area contributed by atoms with Gasteiger partial charge in [-0.25, -0.2) is 4.79 Å². The summed E-state index contributed by atoms with van der Waals surface area (Å²) in [4.78, 5) is 42.7. The highest BCUT2D eigenvalue weighted by atomic mass is 16.5. The lowest BCUT2D eigenvalue weighted by Crippen LogP contribution is -2.46. The summed E-state index contributed by atoms with van der Waals surface area (Å²) >= 11 is 0. The number of aromatic amines is 1. The minimum atomic E-state index is -0.699. The van der Waals surface area contributed by atoms with Gasteiger partial charge in [0, 0.05) is 20.2 Å². The molecule has 0 radical (unpaired) electrons. The van der Waals surface area contributed by atoms with Crippen LogP contribution >= 0.6 is 0 Å². The van der Waals surface area contributed by atoms with E-state index >= 15 is 0 Å². The molecule has 9 heteroatoms. The molecule has 27 heavy (non-hydrogen) atoms. The van der Waals surface area contributed by atoms with Gasteiger partial charge >= 0.3 is 5.69 Å². The van der Waals surface area contributed by atoms with Crippen molar-refractivity contribution in [2.24, 2.45) is 0 Å². The zero-order chi connectivity index (χ0) is 20.4. The van der Waals surface area contributed by atoms with E-state index in [2.05, 4.69) is 10.9 Å². The van der Waals surface area contributed by atoms with E-state index in [0.717, 1.165) is 6.42 Å². The molecule has 0 aliphatic carbocycles. The van der Waals surface area contributed by atoms with Gasteiger partial charge < -0.3 is 15.4 Å². The van der Waals surface area contributed by atoms with Crippen LogP contribution in [-0.4, -0.2) is 60.3 Å². The number of nitrogen functional groups attached to an aromatic ring is 1. The number of nitrogens with zero attached hydrogens (tertiary/aromatic N) is 3. The van der Waals surface area contributed by atoms with Crippen molar-refractivity contribution in [1.29, 1.82) is 0 Å². The third-order valence-corrected chi connectivity index (χ3v) is 4.16. The number of ether oxygens (including phenoxy) is 1. The Morgan fingerprint density at radius 1 is 1.37 bits per heavy atom. The number of amides is 1. The third-order valence-electron chi connectivity index (χ3n) is 4.16. The first kappa shape index (κ1) is 22.5. The molecule has 1 rings (SSSR count). The van der Waals surface area contributed by atoms with Crippen molar-refractivity contribution < 1.29 is 9.53 Å². The van der Waals surface area contributed by atoms with Crippen LogP contribution in [0.1, 0.15) is 26.7 Å². The summed E-state index contributed by atoms with van der Waals surface area (Å²) in [6.45, 7) is 5.47. The first-order chi connectivity index (χ1) is 12.9. The van der Waals surface area contributed by atoms with E-state index in [0.29, 0.717) is 26.1 Å². The average molecular weight is 379 g/mol. The van der Waals surface area contributed by atoms with E-state index in [1.807, 2.05) is 13.8 Å². The monoisotopic (exact) mass is 379 g/mol. The third kappa shape index (κ3) is 5.98. The molecule has 0 unspecified atom stereocenters. The molecule has 0 atom stereocenters. The summed E-state index contributed by atoms with van der Waals surface area (Å²) < 4.78 is 6.34. The van der Waals surface area contributed by atoms with Gasteiger partial charge in [-0.15, -0.1) is 6.42 Å². The van der Waals surface area contributed by atoms with Crippen LogP contribution in [0.15, 0.2) is 9.59 Å². The Balaban J connectivity index is 3.34. The van der Waals surface area contributed by atoms with E-state index in [-0.39, 0.29) is 37.1 Å². The fourth-order valence-corrected chi connectivity index (χ4v) is 2.61. The highest BCUT2D eigenvalue weighted by Gasteiger charge is 2.25. The number of carbonyl (C=O) groups excluding carboxylic acids is 1. The summed E-state index contributed by atoms with van der Waals surface area (Å²) in [7, 11) is 1.50. The van der Waals surface area contributed by atoms with Crippen molar-refractivity contribution in [3.63, 3.8) is 0 Å². The van der Waals surface area contributed by atoms with Gasteiger partial charge in [-0.1, -0.05) is 26.2 Å². The van der Waals surface area contributed by atoms with Gasteiger partial charge in [0.2, 0.25) is 5.91 Å². The Morgan fingerprint density at radius 3 is 2.63 bits per heavy atom. The van der Waals surface area contributed by atoms with Crippen LogP contribution in [0.5, 0.6) is 0 Å². The maximum absolute atomic E-state index is 12.9. The first-order valence-electron chi connectivity index (χ1n) is 8.98. The molecule has 0 saturated carbocycles. The van der Waals surface area contributed by atoms with E-state index in [9.17, 15) is 14.4 Å². The van der Waals surface area contributed by atoms with Crippen molar-refractivity contribution in [3.05, 3.63) is 20.8 Å². The number of rotatable bonds is 11. The lowest BCUT2D eigenvalue weighted by atomic mass is 10.3. The molecule has 0 aromatic carbocycles. The molecule has 0 aliphatic heterocycles. The van der Waals surface area contributed by atoms with Gasteiger partial charge in [-0.05, 0) is 13.0 Å². The van der Waals surface area contributed by atoms with Crippen LogP contribution in [-0.2, 0) is 16.1 Å². The molecular weight excluding hydrogens is 350 g/mol. The minimum absolute atomic E-state index is 0.0252. The summed E-state index contributed by atoms with van der Waals surface area (Å²) in [5.41, 5.74) is 4.80. The van der Waals surface area contributed by atoms with Gasteiger partial charge in [0.25, 0.3) is 5.56 Å². The van der Waals surface area contributed by atoms with Gasteiger partial charge in [0.05, 0.1) is 19.7 Å². The van der Waals surface area contributed by atoms with Crippen molar-refractivity contribution in [2.45, 2.75) is 33.2 Å². The number of methoxy groups -OCH3 is 1. The van der Waals surface area contributed by atoms with E-state index in [1.165, 1.54) is 16.6 Å². The second kappa shape index (κ2) is 11.2. The zero-order valence-corrected chi connectivity index (χ0v) is 16.3. The lowest BCUT2D eigenvalue weighted by Gasteiger charge is -2.27. The summed E-state index contributed by atoms with van der Waals surface area (Å²) in [6.07, 6.45) is 6.90. The maximum Gasteiger partial charge on any atom is 0.330 e. The minimum Gasteiger partial charge on any atom is -0.383 e. The zero-order valence-electron chi connectivity index (χ0n) is 16.3. The number of terminal acetylenes is 1. The molecule has 150 valence electrons. The number of aromatic nitrogens is 2. The molecule has 0 bridgehead atoms. The Labute approximate surface area is 159 Å². The van der Waals surface area contributed by atoms with Gasteiger partial charge in [0.15, 0.2) is 5.69 Å². The number of hydrogen-bond donors (Lipinski definition) is 2. The molecule has 1 heterocycles. The van der Waals surface area contributed by atoms with E-state index < -0.39 is 11.2 Å². The molecular formula is C18H29N5O4. The second-order valence-corrected chi connectivity index (χ2v) is 6.04. The normalized spacial score (nSPS) is 10.8. The van der Waals surface area contributed by atoms with Crippen LogP contribution in [0, 0.1) is 12.3 Å². The second-order valence-electron chi connectivity index (χ2n) is 6.04. The van der Waals surface area contributed by atoms with Crippen molar-refractivity contribution in [3.8, 4) is 12.3 Å². The average Bonchev–Trinajstić information content (AvgIpc) is 2.63. The molecule has 0 fully saturated rings. The largest absolute Gasteiger partial charge is 0.383 e. The Kier molecular flexibility index (Phi) is 9.33. The smallest absolute Gasteiger partial charge is 0.330 e. The number of H-pyrrole nitrogens is 1. The van der Waals surface area contributed by atoms with Crippen LogP contribution in [0.25, 0.3) is 0 Å². The fraction of sp³-hybridized carbons (Fsp3) is 0.611. The van der Waals surface area contributed by atoms with Crippen molar-refractivity contribution in [1.82, 2.24) is 14.5 Å². The summed E-state index contributed by atoms with van der Waals surface area (Å²) in [6, 6.07) is 0.